The van der Waals surface area contributed by atoms with Gasteiger partial charge in [-0.2, -0.15) is 0 Å². The predicted octanol–water partition coefficient (Wildman–Crippen LogP) is 4.09. The molecule has 0 amide bonds. The lowest BCUT2D eigenvalue weighted by atomic mass is 10.1. The molecule has 2 nitrogen and oxygen atoms in total. The van der Waals surface area contributed by atoms with Crippen molar-refractivity contribution in [1.29, 1.82) is 0 Å². The average Bonchev–Trinajstić information content (AvgIpc) is 2.42. The van der Waals surface area contributed by atoms with Crippen molar-refractivity contribution in [1.82, 2.24) is 4.98 Å². The number of pyridine rings is 1. The quantitative estimate of drug-likeness (QED) is 0.773. The summed E-state index contributed by atoms with van der Waals surface area (Å²) < 4.78 is 5.01. The molecule has 1 aromatic heterocycles. The maximum atomic E-state index is 5.01. The van der Waals surface area contributed by atoms with Gasteiger partial charge in [0.15, 0.2) is 0 Å². The van der Waals surface area contributed by atoms with E-state index in [2.05, 4.69) is 36.2 Å². The molecule has 0 spiro atoms. The third-order valence-corrected chi connectivity index (χ3v) is 2.33. The smallest absolute Gasteiger partial charge is 0.212 e. The van der Waals surface area contributed by atoms with E-state index >= 15 is 0 Å². The van der Waals surface area contributed by atoms with Gasteiger partial charge in [0.1, 0.15) is 0 Å². The molecule has 0 atom stereocenters. The summed E-state index contributed by atoms with van der Waals surface area (Å²) in [5.41, 5.74) is 3.55. The van der Waals surface area contributed by atoms with Crippen molar-refractivity contribution >= 4 is 0 Å². The van der Waals surface area contributed by atoms with Crippen LogP contribution >= 0.6 is 0 Å². The second-order valence-corrected chi connectivity index (χ2v) is 3.46. The van der Waals surface area contributed by atoms with Gasteiger partial charge in [0.2, 0.25) is 5.88 Å². The van der Waals surface area contributed by atoms with E-state index in [4.69, 9.17) is 4.74 Å². The van der Waals surface area contributed by atoms with Crippen LogP contribution in [0.2, 0.25) is 0 Å². The molecule has 0 aliphatic rings. The van der Waals surface area contributed by atoms with Gasteiger partial charge in [-0.25, -0.2) is 4.98 Å². The minimum atomic E-state index is 0.644. The van der Waals surface area contributed by atoms with Crippen molar-refractivity contribution in [3.05, 3.63) is 48.2 Å². The standard InChI is InChI=1S/C13H13NO.C2H6/c1-10-3-5-11(6-4-10)12-7-8-13(15-2)14-9-12;1-2/h3-9H,1-2H3;1-2H3. The van der Waals surface area contributed by atoms with E-state index in [9.17, 15) is 0 Å². The Morgan fingerprint density at radius 1 is 0.882 bits per heavy atom. The average molecular weight is 229 g/mol. The Kier molecular flexibility index (Phi) is 5.21. The fraction of sp³-hybridized carbons (Fsp3) is 0.267. The molecule has 0 aliphatic carbocycles. The number of methoxy groups -OCH3 is 1. The number of aryl methyl sites for hydroxylation is 1. The van der Waals surface area contributed by atoms with E-state index in [0.717, 1.165) is 5.56 Å². The summed E-state index contributed by atoms with van der Waals surface area (Å²) in [5.74, 6) is 0.644. The van der Waals surface area contributed by atoms with Gasteiger partial charge in [0.05, 0.1) is 7.11 Å². The van der Waals surface area contributed by atoms with Crippen molar-refractivity contribution in [3.8, 4) is 17.0 Å². The van der Waals surface area contributed by atoms with Gasteiger partial charge in [-0.15, -0.1) is 0 Å². The number of rotatable bonds is 2. The minimum Gasteiger partial charge on any atom is -0.481 e. The van der Waals surface area contributed by atoms with E-state index < -0.39 is 0 Å². The second-order valence-electron chi connectivity index (χ2n) is 3.46. The Hall–Kier alpha value is -1.83. The number of nitrogens with zero attached hydrogens (tertiary/aromatic N) is 1. The maximum Gasteiger partial charge on any atom is 0.212 e. The number of hydrogen-bond donors (Lipinski definition) is 0. The zero-order chi connectivity index (χ0) is 12.7. The highest BCUT2D eigenvalue weighted by atomic mass is 16.5. The molecule has 1 aromatic carbocycles. The molecular weight excluding hydrogens is 210 g/mol. The molecule has 2 rings (SSSR count). The van der Waals surface area contributed by atoms with E-state index in [1.807, 2.05) is 32.2 Å². The summed E-state index contributed by atoms with van der Waals surface area (Å²) in [7, 11) is 1.62. The summed E-state index contributed by atoms with van der Waals surface area (Å²) in [5, 5.41) is 0. The van der Waals surface area contributed by atoms with Crippen LogP contribution in [0, 0.1) is 6.92 Å². The Balaban J connectivity index is 0.000000686. The highest BCUT2D eigenvalue weighted by Gasteiger charge is 1.98. The molecule has 17 heavy (non-hydrogen) atoms. The lowest BCUT2D eigenvalue weighted by Gasteiger charge is -2.03. The highest BCUT2D eigenvalue weighted by Crippen LogP contribution is 2.20. The van der Waals surface area contributed by atoms with Crippen LogP contribution in [0.15, 0.2) is 42.6 Å². The van der Waals surface area contributed by atoms with E-state index in [0.29, 0.717) is 5.88 Å². The van der Waals surface area contributed by atoms with Gasteiger partial charge >= 0.3 is 0 Å². The molecule has 0 unspecified atom stereocenters. The fourth-order valence-corrected chi connectivity index (χ4v) is 1.42. The van der Waals surface area contributed by atoms with Gasteiger partial charge in [0.25, 0.3) is 0 Å². The lowest BCUT2D eigenvalue weighted by Crippen LogP contribution is -1.87. The van der Waals surface area contributed by atoms with Crippen LogP contribution in [-0.2, 0) is 0 Å². The monoisotopic (exact) mass is 229 g/mol. The molecular formula is C15H19NO. The van der Waals surface area contributed by atoms with Crippen molar-refractivity contribution in [2.24, 2.45) is 0 Å². The topological polar surface area (TPSA) is 22.1 Å². The molecule has 0 saturated heterocycles. The lowest BCUT2D eigenvalue weighted by molar-refractivity contribution is 0.398. The number of ether oxygens (including phenoxy) is 1. The normalized spacial score (nSPS) is 9.18. The first-order valence-electron chi connectivity index (χ1n) is 5.86. The maximum absolute atomic E-state index is 5.01. The number of aromatic nitrogens is 1. The van der Waals surface area contributed by atoms with Crippen LogP contribution in [0.3, 0.4) is 0 Å². The Bertz CT molecular complexity index is 431. The van der Waals surface area contributed by atoms with E-state index in [-0.39, 0.29) is 0 Å². The molecule has 0 aliphatic heterocycles. The Labute approximate surface area is 103 Å². The summed E-state index contributed by atoms with van der Waals surface area (Å²) in [6, 6.07) is 12.3. The molecule has 0 radical (unpaired) electrons. The van der Waals surface area contributed by atoms with Crippen molar-refractivity contribution in [2.45, 2.75) is 20.8 Å². The molecule has 1 heterocycles. The van der Waals surface area contributed by atoms with Gasteiger partial charge in [-0.3, -0.25) is 0 Å². The minimum absolute atomic E-state index is 0.644. The zero-order valence-corrected chi connectivity index (χ0v) is 10.9. The van der Waals surface area contributed by atoms with Gasteiger partial charge < -0.3 is 4.74 Å². The summed E-state index contributed by atoms with van der Waals surface area (Å²) >= 11 is 0. The van der Waals surface area contributed by atoms with Crippen LogP contribution in [0.5, 0.6) is 5.88 Å². The zero-order valence-electron chi connectivity index (χ0n) is 10.9. The fourth-order valence-electron chi connectivity index (χ4n) is 1.42. The molecule has 0 saturated carbocycles. The first kappa shape index (κ1) is 13.2. The molecule has 2 heteroatoms. The van der Waals surface area contributed by atoms with Crippen molar-refractivity contribution in [3.63, 3.8) is 0 Å². The summed E-state index contributed by atoms with van der Waals surface area (Å²) in [6.45, 7) is 6.08. The molecule has 90 valence electrons. The first-order valence-corrected chi connectivity index (χ1v) is 5.86. The largest absolute Gasteiger partial charge is 0.481 e. The highest BCUT2D eigenvalue weighted by molar-refractivity contribution is 5.62. The predicted molar refractivity (Wildman–Crippen MR) is 72.3 cm³/mol. The van der Waals surface area contributed by atoms with Crippen LogP contribution in [0.1, 0.15) is 19.4 Å². The summed E-state index contributed by atoms with van der Waals surface area (Å²) in [6.07, 6.45) is 1.82. The van der Waals surface area contributed by atoms with Gasteiger partial charge in [-0.1, -0.05) is 43.7 Å². The van der Waals surface area contributed by atoms with Crippen LogP contribution in [0.4, 0.5) is 0 Å². The molecule has 0 fully saturated rings. The van der Waals surface area contributed by atoms with Gasteiger partial charge in [0, 0.05) is 17.8 Å². The van der Waals surface area contributed by atoms with Crippen LogP contribution in [0.25, 0.3) is 11.1 Å². The third kappa shape index (κ3) is 3.59. The Morgan fingerprint density at radius 2 is 1.47 bits per heavy atom. The number of hydrogen-bond acceptors (Lipinski definition) is 2. The number of benzene rings is 1. The van der Waals surface area contributed by atoms with Crippen LogP contribution < -0.4 is 4.74 Å². The SMILES string of the molecule is CC.COc1ccc(-c2ccc(C)cc2)cn1. The third-order valence-electron chi connectivity index (χ3n) is 2.33. The van der Waals surface area contributed by atoms with E-state index in [1.165, 1.54) is 11.1 Å². The van der Waals surface area contributed by atoms with Crippen molar-refractivity contribution < 1.29 is 4.74 Å². The van der Waals surface area contributed by atoms with E-state index in [1.54, 1.807) is 7.11 Å². The molecule has 0 bridgehead atoms. The first-order chi connectivity index (χ1) is 8.29. The van der Waals surface area contributed by atoms with Gasteiger partial charge in [-0.05, 0) is 18.6 Å². The van der Waals surface area contributed by atoms with Crippen molar-refractivity contribution in [2.75, 3.05) is 7.11 Å². The second kappa shape index (κ2) is 6.69. The Morgan fingerprint density at radius 3 is 1.94 bits per heavy atom. The molecule has 2 aromatic rings. The van der Waals surface area contributed by atoms with Crippen LogP contribution in [-0.4, -0.2) is 12.1 Å². The molecule has 0 N–H and O–H groups in total. The summed E-state index contributed by atoms with van der Waals surface area (Å²) in [4.78, 5) is 4.17.